The van der Waals surface area contributed by atoms with Crippen molar-refractivity contribution in [1.29, 1.82) is 0 Å². The van der Waals surface area contributed by atoms with Gasteiger partial charge in [0.15, 0.2) is 0 Å². The summed E-state index contributed by atoms with van der Waals surface area (Å²) in [6, 6.07) is 5.37. The predicted molar refractivity (Wildman–Crippen MR) is 79.3 cm³/mol. The third kappa shape index (κ3) is 2.79. The molecule has 1 N–H and O–H groups in total. The minimum atomic E-state index is -3.59. The topological polar surface area (TPSA) is 75.2 Å². The average Bonchev–Trinajstić information content (AvgIpc) is 2.43. The van der Waals surface area contributed by atoms with Crippen LogP contribution in [0.5, 0.6) is 0 Å². The molecule has 1 aliphatic rings. The van der Waals surface area contributed by atoms with Gasteiger partial charge in [-0.05, 0) is 36.8 Å². The molecule has 1 saturated heterocycles. The van der Waals surface area contributed by atoms with Crippen LogP contribution in [0, 0.1) is 12.7 Å². The van der Waals surface area contributed by atoms with Crippen LogP contribution >= 0.6 is 0 Å². The second-order valence-corrected chi connectivity index (χ2v) is 7.05. The first-order valence-electron chi connectivity index (χ1n) is 6.76. The number of nitrogens with one attached hydrogen (secondary N) is 1. The van der Waals surface area contributed by atoms with Crippen molar-refractivity contribution in [3.8, 4) is 0 Å². The van der Waals surface area contributed by atoms with Crippen molar-refractivity contribution in [2.24, 2.45) is 0 Å². The summed E-state index contributed by atoms with van der Waals surface area (Å²) >= 11 is 0. The Morgan fingerprint density at radius 1 is 1.27 bits per heavy atom. The number of hydrogen-bond donors (Lipinski definition) is 1. The number of halogens is 1. The summed E-state index contributed by atoms with van der Waals surface area (Å²) in [6.07, 6.45) is 3.23. The van der Waals surface area contributed by atoms with Gasteiger partial charge < -0.3 is 5.32 Å². The molecule has 0 bridgehead atoms. The Morgan fingerprint density at radius 2 is 1.95 bits per heavy atom. The number of aromatic nitrogens is 2. The van der Waals surface area contributed by atoms with Gasteiger partial charge in [-0.2, -0.15) is 4.31 Å². The standard InChI is InChI=1S/C14H15FN4O2S/c1-10-7-11(15)3-4-13(10)22(20,21)19-8-12(9-19)18-14-16-5-2-6-17-14/h2-7,12H,8-9H2,1H3,(H,16,17,18). The van der Waals surface area contributed by atoms with Crippen molar-refractivity contribution in [1.82, 2.24) is 14.3 Å². The number of benzene rings is 1. The van der Waals surface area contributed by atoms with Crippen LogP contribution in [0.25, 0.3) is 0 Å². The molecule has 1 aromatic heterocycles. The van der Waals surface area contributed by atoms with Gasteiger partial charge in [-0.1, -0.05) is 0 Å². The normalized spacial score (nSPS) is 16.3. The van der Waals surface area contributed by atoms with Gasteiger partial charge >= 0.3 is 0 Å². The fraction of sp³-hybridized carbons (Fsp3) is 0.286. The van der Waals surface area contributed by atoms with Gasteiger partial charge in [0, 0.05) is 25.5 Å². The summed E-state index contributed by atoms with van der Waals surface area (Å²) in [4.78, 5) is 8.22. The lowest BCUT2D eigenvalue weighted by molar-refractivity contribution is 0.280. The molecule has 0 amide bonds. The Bertz CT molecular complexity index is 777. The fourth-order valence-electron chi connectivity index (χ4n) is 2.32. The lowest BCUT2D eigenvalue weighted by Crippen LogP contribution is -2.57. The predicted octanol–water partition coefficient (Wildman–Crippen LogP) is 1.41. The number of anilines is 1. The molecule has 0 unspecified atom stereocenters. The summed E-state index contributed by atoms with van der Waals surface area (Å²) in [5.41, 5.74) is 0.405. The summed E-state index contributed by atoms with van der Waals surface area (Å²) < 4.78 is 39.4. The van der Waals surface area contributed by atoms with Crippen LogP contribution in [0.1, 0.15) is 5.56 Å². The lowest BCUT2D eigenvalue weighted by atomic mass is 10.2. The molecule has 1 fully saturated rings. The summed E-state index contributed by atoms with van der Waals surface area (Å²) in [6.45, 7) is 2.25. The minimum Gasteiger partial charge on any atom is -0.349 e. The first kappa shape index (κ1) is 14.9. The third-order valence-electron chi connectivity index (χ3n) is 3.50. The molecule has 22 heavy (non-hydrogen) atoms. The Hall–Kier alpha value is -2.06. The van der Waals surface area contributed by atoms with E-state index in [2.05, 4.69) is 15.3 Å². The van der Waals surface area contributed by atoms with Crippen molar-refractivity contribution >= 4 is 16.0 Å². The molecule has 0 atom stereocenters. The van der Waals surface area contributed by atoms with Crippen LogP contribution in [0.2, 0.25) is 0 Å². The SMILES string of the molecule is Cc1cc(F)ccc1S(=O)(=O)N1CC(Nc2ncccn2)C1. The number of sulfonamides is 1. The van der Waals surface area contributed by atoms with Crippen molar-refractivity contribution in [3.05, 3.63) is 48.0 Å². The minimum absolute atomic E-state index is 0.0297. The second-order valence-electron chi connectivity index (χ2n) is 5.15. The molecule has 1 aromatic carbocycles. The van der Waals surface area contributed by atoms with E-state index in [-0.39, 0.29) is 10.9 Å². The zero-order chi connectivity index (χ0) is 15.7. The first-order valence-corrected chi connectivity index (χ1v) is 8.21. The summed E-state index contributed by atoms with van der Waals surface area (Å²) in [5, 5.41) is 3.07. The molecule has 2 heterocycles. The maximum Gasteiger partial charge on any atom is 0.243 e. The van der Waals surface area contributed by atoms with Crippen molar-refractivity contribution in [2.75, 3.05) is 18.4 Å². The molecule has 0 radical (unpaired) electrons. The van der Waals surface area contributed by atoms with Gasteiger partial charge in [-0.3, -0.25) is 0 Å². The highest BCUT2D eigenvalue weighted by Crippen LogP contribution is 2.25. The molecule has 116 valence electrons. The molecule has 0 aliphatic carbocycles. The molecule has 2 aromatic rings. The molecule has 1 aliphatic heterocycles. The van der Waals surface area contributed by atoms with Crippen LogP contribution in [-0.2, 0) is 10.0 Å². The Labute approximate surface area is 128 Å². The summed E-state index contributed by atoms with van der Waals surface area (Å²) in [5.74, 6) is 0.0309. The average molecular weight is 322 g/mol. The van der Waals surface area contributed by atoms with E-state index < -0.39 is 15.8 Å². The van der Waals surface area contributed by atoms with Crippen LogP contribution < -0.4 is 5.32 Å². The zero-order valence-electron chi connectivity index (χ0n) is 11.9. The van der Waals surface area contributed by atoms with Crippen molar-refractivity contribution in [2.45, 2.75) is 17.9 Å². The monoisotopic (exact) mass is 322 g/mol. The fourth-order valence-corrected chi connectivity index (χ4v) is 4.06. The van der Waals surface area contributed by atoms with E-state index in [1.54, 1.807) is 25.4 Å². The highest BCUT2D eigenvalue weighted by atomic mass is 32.2. The van der Waals surface area contributed by atoms with Gasteiger partial charge in [-0.25, -0.2) is 22.8 Å². The highest BCUT2D eigenvalue weighted by molar-refractivity contribution is 7.89. The molecular formula is C14H15FN4O2S. The quantitative estimate of drug-likeness (QED) is 0.921. The molecule has 8 heteroatoms. The largest absolute Gasteiger partial charge is 0.349 e. The Morgan fingerprint density at radius 3 is 2.59 bits per heavy atom. The Kier molecular flexibility index (Phi) is 3.79. The smallest absolute Gasteiger partial charge is 0.243 e. The van der Waals surface area contributed by atoms with E-state index in [4.69, 9.17) is 0 Å². The number of nitrogens with zero attached hydrogens (tertiary/aromatic N) is 3. The van der Waals surface area contributed by atoms with Gasteiger partial charge in [0.2, 0.25) is 16.0 Å². The van der Waals surface area contributed by atoms with E-state index in [0.29, 0.717) is 24.6 Å². The first-order chi connectivity index (χ1) is 10.5. The van der Waals surface area contributed by atoms with Crippen LogP contribution in [-0.4, -0.2) is 41.8 Å². The lowest BCUT2D eigenvalue weighted by Gasteiger charge is -2.38. The van der Waals surface area contributed by atoms with Crippen molar-refractivity contribution in [3.63, 3.8) is 0 Å². The number of hydrogen-bond acceptors (Lipinski definition) is 5. The van der Waals surface area contributed by atoms with E-state index in [1.807, 2.05) is 0 Å². The third-order valence-corrected chi connectivity index (χ3v) is 5.49. The van der Waals surface area contributed by atoms with Crippen molar-refractivity contribution < 1.29 is 12.8 Å². The highest BCUT2D eigenvalue weighted by Gasteiger charge is 2.37. The van der Waals surface area contributed by atoms with Gasteiger partial charge in [0.05, 0.1) is 10.9 Å². The van der Waals surface area contributed by atoms with E-state index in [9.17, 15) is 12.8 Å². The van der Waals surface area contributed by atoms with Crippen LogP contribution in [0.15, 0.2) is 41.6 Å². The van der Waals surface area contributed by atoms with E-state index >= 15 is 0 Å². The molecule has 0 spiro atoms. The molecular weight excluding hydrogens is 307 g/mol. The zero-order valence-corrected chi connectivity index (χ0v) is 12.7. The maximum absolute atomic E-state index is 13.1. The number of rotatable bonds is 4. The van der Waals surface area contributed by atoms with Gasteiger partial charge in [-0.15, -0.1) is 0 Å². The second kappa shape index (κ2) is 5.62. The molecule has 0 saturated carbocycles. The van der Waals surface area contributed by atoms with E-state index in [0.717, 1.165) is 6.07 Å². The Balaban J connectivity index is 1.69. The maximum atomic E-state index is 13.1. The van der Waals surface area contributed by atoms with E-state index in [1.165, 1.54) is 16.4 Å². The molecule has 6 nitrogen and oxygen atoms in total. The van der Waals surface area contributed by atoms with Crippen LogP contribution in [0.4, 0.5) is 10.3 Å². The van der Waals surface area contributed by atoms with Crippen LogP contribution in [0.3, 0.4) is 0 Å². The molecule has 3 rings (SSSR count). The summed E-state index contributed by atoms with van der Waals surface area (Å²) in [7, 11) is -3.59. The number of aryl methyl sites for hydroxylation is 1. The van der Waals surface area contributed by atoms with Gasteiger partial charge in [0.25, 0.3) is 0 Å². The van der Waals surface area contributed by atoms with Gasteiger partial charge in [0.1, 0.15) is 5.82 Å².